The number of rotatable bonds is 13. The van der Waals surface area contributed by atoms with Crippen LogP contribution in [0.5, 0.6) is 0 Å². The molecule has 0 aromatic heterocycles. The Morgan fingerprint density at radius 3 is 1.27 bits per heavy atom. The molecule has 45 heavy (non-hydrogen) atoms. The van der Waals surface area contributed by atoms with Crippen molar-refractivity contribution in [3.05, 3.63) is 143 Å². The second-order valence-electron chi connectivity index (χ2n) is 10.7. The van der Waals surface area contributed by atoms with Crippen molar-refractivity contribution in [1.29, 1.82) is 0 Å². The van der Waals surface area contributed by atoms with Gasteiger partial charge in [0.15, 0.2) is 0 Å². The number of carbonyl (C=O) groups is 5. The van der Waals surface area contributed by atoms with Crippen LogP contribution < -0.4 is 0 Å². The van der Waals surface area contributed by atoms with E-state index >= 15 is 0 Å². The van der Waals surface area contributed by atoms with Gasteiger partial charge in [-0.1, -0.05) is 84.9 Å². The van der Waals surface area contributed by atoms with Gasteiger partial charge >= 0.3 is 0 Å². The van der Waals surface area contributed by atoms with Crippen molar-refractivity contribution < 1.29 is 33.4 Å². The molecule has 2 aliphatic rings. The van der Waals surface area contributed by atoms with Crippen LogP contribution in [0.4, 0.5) is 0 Å². The molecule has 0 radical (unpaired) electrons. The fourth-order valence-corrected chi connectivity index (χ4v) is 5.67. The van der Waals surface area contributed by atoms with Crippen LogP contribution in [0.1, 0.15) is 70.2 Å². The molecule has 0 saturated carbocycles. The fraction of sp³-hybridized carbons (Fsp3) is 0.194. The zero-order chi connectivity index (χ0) is 31.4. The van der Waals surface area contributed by atoms with Gasteiger partial charge < -0.3 is 9.47 Å². The predicted octanol–water partition coefficient (Wildman–Crippen LogP) is 5.13. The number of ether oxygens (including phenoxy) is 2. The number of carbonyl (C=O) groups excluding carboxylic acids is 5. The van der Waals surface area contributed by atoms with Gasteiger partial charge in [0.1, 0.15) is 0 Å². The van der Waals surface area contributed by atoms with Crippen molar-refractivity contribution in [3.63, 3.8) is 0 Å². The molecule has 0 N–H and O–H groups in total. The second kappa shape index (κ2) is 12.8. The average molecular weight is 603 g/mol. The van der Waals surface area contributed by atoms with Crippen molar-refractivity contribution in [3.8, 4) is 0 Å². The van der Waals surface area contributed by atoms with E-state index in [1.54, 1.807) is 103 Å². The maximum Gasteiger partial charge on any atom is 0.261 e. The molecule has 6 rings (SSSR count). The lowest BCUT2D eigenvalue weighted by atomic mass is 9.95. The maximum absolute atomic E-state index is 14.2. The van der Waals surface area contributed by atoms with E-state index in [-0.39, 0.29) is 62.8 Å². The van der Waals surface area contributed by atoms with Crippen molar-refractivity contribution in [2.24, 2.45) is 0 Å². The topological polar surface area (TPSA) is 110 Å². The summed E-state index contributed by atoms with van der Waals surface area (Å²) >= 11 is 0. The van der Waals surface area contributed by atoms with E-state index in [2.05, 4.69) is 0 Å². The van der Waals surface area contributed by atoms with Crippen LogP contribution in [0.3, 0.4) is 0 Å². The second-order valence-corrected chi connectivity index (χ2v) is 10.7. The molecule has 0 bridgehead atoms. The van der Waals surface area contributed by atoms with Crippen LogP contribution in [0.15, 0.2) is 109 Å². The highest BCUT2D eigenvalue weighted by Crippen LogP contribution is 2.33. The standard InChI is InChI=1S/C36H30N2O7/c39-31(25-13-3-1-4-14-25)36(26-15-5-2-6-16-26,44-23-11-21-37-32(40)27-17-7-8-18-28(27)33(37)41)45-24-12-22-38-34(42)29-19-9-10-20-30(29)35(38)43/h1-10,13-20H,11-12,21-24H2. The Morgan fingerprint density at radius 1 is 0.511 bits per heavy atom. The molecular weight excluding hydrogens is 572 g/mol. The van der Waals surface area contributed by atoms with Crippen molar-refractivity contribution >= 4 is 29.4 Å². The average Bonchev–Trinajstić information content (AvgIpc) is 3.48. The molecule has 0 aliphatic carbocycles. The van der Waals surface area contributed by atoms with Crippen molar-refractivity contribution in [2.45, 2.75) is 18.6 Å². The predicted molar refractivity (Wildman–Crippen MR) is 164 cm³/mol. The molecule has 4 aromatic carbocycles. The van der Waals surface area contributed by atoms with Gasteiger partial charge in [-0.15, -0.1) is 0 Å². The number of imide groups is 2. The van der Waals surface area contributed by atoms with E-state index in [1.807, 2.05) is 6.07 Å². The molecule has 0 saturated heterocycles. The monoisotopic (exact) mass is 602 g/mol. The number of nitrogens with zero attached hydrogens (tertiary/aromatic N) is 2. The van der Waals surface area contributed by atoms with Gasteiger partial charge in [0, 0.05) is 24.2 Å². The van der Waals surface area contributed by atoms with Crippen molar-refractivity contribution in [2.75, 3.05) is 26.3 Å². The number of hydrogen-bond donors (Lipinski definition) is 0. The summed E-state index contributed by atoms with van der Waals surface area (Å²) in [5.74, 6) is -3.77. The molecule has 226 valence electrons. The summed E-state index contributed by atoms with van der Waals surface area (Å²) in [5.41, 5.74) is 2.28. The minimum Gasteiger partial charge on any atom is -0.340 e. The minimum absolute atomic E-state index is 0.0146. The Morgan fingerprint density at radius 2 is 0.867 bits per heavy atom. The van der Waals surface area contributed by atoms with Gasteiger partial charge in [0.25, 0.3) is 29.4 Å². The van der Waals surface area contributed by atoms with E-state index in [4.69, 9.17) is 9.47 Å². The van der Waals surface area contributed by atoms with Crippen LogP contribution in [0.2, 0.25) is 0 Å². The first kappa shape index (κ1) is 29.8. The molecule has 0 atom stereocenters. The highest BCUT2D eigenvalue weighted by atomic mass is 16.7. The number of benzene rings is 4. The molecular formula is C36H30N2O7. The Labute approximate surface area is 260 Å². The smallest absolute Gasteiger partial charge is 0.261 e. The summed E-state index contributed by atoms with van der Waals surface area (Å²) in [7, 11) is 0. The Balaban J connectivity index is 1.19. The molecule has 2 heterocycles. The number of amides is 4. The summed E-state index contributed by atoms with van der Waals surface area (Å²) in [6.07, 6.45) is 0.501. The van der Waals surface area contributed by atoms with Gasteiger partial charge in [-0.05, 0) is 37.1 Å². The van der Waals surface area contributed by atoms with Gasteiger partial charge in [0.2, 0.25) is 5.78 Å². The van der Waals surface area contributed by atoms with E-state index in [0.29, 0.717) is 33.4 Å². The Bertz CT molecular complexity index is 1620. The third-order valence-electron chi connectivity index (χ3n) is 7.91. The number of ketones is 1. The first-order chi connectivity index (χ1) is 21.9. The Kier molecular flexibility index (Phi) is 8.46. The van der Waals surface area contributed by atoms with Gasteiger partial charge in [0.05, 0.1) is 35.5 Å². The van der Waals surface area contributed by atoms with Crippen LogP contribution in [0, 0.1) is 0 Å². The maximum atomic E-state index is 14.2. The lowest BCUT2D eigenvalue weighted by Crippen LogP contribution is -2.43. The van der Waals surface area contributed by atoms with Crippen LogP contribution >= 0.6 is 0 Å². The number of hydrogen-bond acceptors (Lipinski definition) is 7. The van der Waals surface area contributed by atoms with Crippen LogP contribution in [0.25, 0.3) is 0 Å². The largest absolute Gasteiger partial charge is 0.340 e. The summed E-state index contributed by atoms with van der Waals surface area (Å²) in [5, 5.41) is 0. The zero-order valence-corrected chi connectivity index (χ0v) is 24.4. The van der Waals surface area contributed by atoms with E-state index in [1.165, 1.54) is 9.80 Å². The van der Waals surface area contributed by atoms with Crippen molar-refractivity contribution in [1.82, 2.24) is 9.80 Å². The Hall–Kier alpha value is -5.25. The van der Waals surface area contributed by atoms with Crippen LogP contribution in [-0.2, 0) is 15.3 Å². The number of Topliss-reactive ketones (excluding diaryl/α,β-unsaturated/α-hetero) is 1. The first-order valence-electron chi connectivity index (χ1n) is 14.8. The molecule has 4 amide bonds. The van der Waals surface area contributed by atoms with E-state index in [9.17, 15) is 24.0 Å². The summed E-state index contributed by atoms with van der Waals surface area (Å²) in [6, 6.07) is 30.8. The van der Waals surface area contributed by atoms with Gasteiger partial charge in [-0.2, -0.15) is 0 Å². The first-order valence-corrected chi connectivity index (χ1v) is 14.8. The highest BCUT2D eigenvalue weighted by molar-refractivity contribution is 6.22. The number of fused-ring (bicyclic) bond motifs is 2. The molecule has 9 nitrogen and oxygen atoms in total. The van der Waals surface area contributed by atoms with Crippen LogP contribution in [-0.4, -0.2) is 65.5 Å². The lowest BCUT2D eigenvalue weighted by Gasteiger charge is -2.33. The fourth-order valence-electron chi connectivity index (χ4n) is 5.67. The van der Waals surface area contributed by atoms with Gasteiger partial charge in [-0.3, -0.25) is 33.8 Å². The third-order valence-corrected chi connectivity index (χ3v) is 7.91. The molecule has 0 fully saturated rings. The highest BCUT2D eigenvalue weighted by Gasteiger charge is 2.44. The SMILES string of the molecule is O=C1c2ccccc2C(=O)N1CCCOC(OCCCN1C(=O)c2ccccc2C1=O)(C(=O)c1ccccc1)c1ccccc1. The molecule has 4 aromatic rings. The third kappa shape index (κ3) is 5.59. The minimum atomic E-state index is -1.87. The zero-order valence-electron chi connectivity index (χ0n) is 24.4. The summed E-state index contributed by atoms with van der Waals surface area (Å²) < 4.78 is 12.7. The quantitative estimate of drug-likeness (QED) is 0.0903. The molecule has 9 heteroatoms. The lowest BCUT2D eigenvalue weighted by molar-refractivity contribution is -0.210. The summed E-state index contributed by atoms with van der Waals surface area (Å²) in [6.45, 7) is 0.158. The summed E-state index contributed by atoms with van der Waals surface area (Å²) in [4.78, 5) is 67.9. The van der Waals surface area contributed by atoms with E-state index in [0.717, 1.165) is 0 Å². The molecule has 0 unspecified atom stereocenters. The normalized spacial score (nSPS) is 14.2. The molecule has 0 spiro atoms. The molecule has 2 aliphatic heterocycles. The van der Waals surface area contributed by atoms with Gasteiger partial charge in [-0.25, -0.2) is 0 Å². The van der Waals surface area contributed by atoms with E-state index < -0.39 is 11.6 Å².